The molecule has 0 aliphatic rings. The maximum absolute atomic E-state index is 9.34. The first kappa shape index (κ1) is 9.26. The number of aromatic hydroxyl groups is 1. The molecule has 3 N–H and O–H groups in total. The average molecular weight is 203 g/mol. The van der Waals surface area contributed by atoms with Crippen molar-refractivity contribution in [2.24, 2.45) is 0 Å². The van der Waals surface area contributed by atoms with Crippen LogP contribution in [0.4, 0.5) is 5.69 Å². The Morgan fingerprint density at radius 3 is 2.87 bits per heavy atom. The molecule has 5 heteroatoms. The van der Waals surface area contributed by atoms with Crippen molar-refractivity contribution in [2.45, 2.75) is 0 Å². The van der Waals surface area contributed by atoms with Crippen LogP contribution < -0.4 is 10.5 Å². The highest BCUT2D eigenvalue weighted by molar-refractivity contribution is 5.62. The molecule has 0 atom stereocenters. The van der Waals surface area contributed by atoms with Gasteiger partial charge in [0.1, 0.15) is 17.8 Å². The zero-order valence-corrected chi connectivity index (χ0v) is 7.79. The maximum Gasteiger partial charge on any atom is 0.222 e. The fourth-order valence-electron chi connectivity index (χ4n) is 1.07. The Kier molecular flexibility index (Phi) is 2.37. The van der Waals surface area contributed by atoms with Crippen molar-refractivity contribution in [1.29, 1.82) is 0 Å². The van der Waals surface area contributed by atoms with Gasteiger partial charge < -0.3 is 15.6 Å². The van der Waals surface area contributed by atoms with E-state index in [1.807, 2.05) is 0 Å². The van der Waals surface area contributed by atoms with Crippen molar-refractivity contribution in [3.05, 3.63) is 36.8 Å². The van der Waals surface area contributed by atoms with E-state index in [0.717, 1.165) is 0 Å². The van der Waals surface area contributed by atoms with Crippen molar-refractivity contribution in [3.63, 3.8) is 0 Å². The molecule has 2 rings (SSSR count). The minimum Gasteiger partial charge on any atom is -0.506 e. The number of nitrogens with two attached hydrogens (primary N) is 1. The third-order valence-electron chi connectivity index (χ3n) is 1.81. The van der Waals surface area contributed by atoms with Crippen LogP contribution in [0.15, 0.2) is 36.8 Å². The van der Waals surface area contributed by atoms with Crippen LogP contribution in [-0.2, 0) is 0 Å². The van der Waals surface area contributed by atoms with Gasteiger partial charge in [-0.05, 0) is 12.1 Å². The molecule has 0 spiro atoms. The predicted molar refractivity (Wildman–Crippen MR) is 54.6 cm³/mol. The highest BCUT2D eigenvalue weighted by Crippen LogP contribution is 2.32. The molecule has 0 unspecified atom stereocenters. The number of benzene rings is 1. The number of ether oxygens (including phenoxy) is 1. The highest BCUT2D eigenvalue weighted by atomic mass is 16.5. The fraction of sp³-hybridized carbons (Fsp3) is 0. The largest absolute Gasteiger partial charge is 0.506 e. The summed E-state index contributed by atoms with van der Waals surface area (Å²) in [6.07, 6.45) is 2.93. The number of phenolic OH excluding ortho intramolecular Hbond substituents is 1. The molecular weight excluding hydrogens is 194 g/mol. The summed E-state index contributed by atoms with van der Waals surface area (Å²) in [6.45, 7) is 0. The summed E-state index contributed by atoms with van der Waals surface area (Å²) in [5.74, 6) is 0.734. The van der Waals surface area contributed by atoms with Crippen molar-refractivity contribution in [3.8, 4) is 17.4 Å². The molecule has 0 saturated carbocycles. The quantitative estimate of drug-likeness (QED) is 0.571. The van der Waals surface area contributed by atoms with E-state index < -0.39 is 0 Å². The van der Waals surface area contributed by atoms with Crippen LogP contribution in [0.5, 0.6) is 17.4 Å². The van der Waals surface area contributed by atoms with Gasteiger partial charge in [-0.25, -0.2) is 9.97 Å². The first-order valence-corrected chi connectivity index (χ1v) is 4.28. The summed E-state index contributed by atoms with van der Waals surface area (Å²) in [6, 6.07) is 6.38. The number of anilines is 1. The van der Waals surface area contributed by atoms with Crippen LogP contribution in [0.25, 0.3) is 0 Å². The Balaban J connectivity index is 2.29. The first-order valence-electron chi connectivity index (χ1n) is 4.28. The molecule has 76 valence electrons. The number of nitrogens with zero attached hydrogens (tertiary/aromatic N) is 2. The van der Waals surface area contributed by atoms with Gasteiger partial charge in [0.25, 0.3) is 0 Å². The minimum absolute atomic E-state index is 0.0124. The molecule has 1 aromatic heterocycles. The zero-order valence-electron chi connectivity index (χ0n) is 7.79. The molecule has 0 amide bonds. The van der Waals surface area contributed by atoms with Gasteiger partial charge in [0.2, 0.25) is 5.88 Å². The van der Waals surface area contributed by atoms with E-state index in [1.54, 1.807) is 24.4 Å². The van der Waals surface area contributed by atoms with Crippen LogP contribution >= 0.6 is 0 Å². The molecule has 0 aliphatic heterocycles. The molecule has 1 aromatic carbocycles. The highest BCUT2D eigenvalue weighted by Gasteiger charge is 2.05. The smallest absolute Gasteiger partial charge is 0.222 e. The van der Waals surface area contributed by atoms with Crippen molar-refractivity contribution >= 4 is 5.69 Å². The predicted octanol–water partition coefficient (Wildman–Crippen LogP) is 1.56. The van der Waals surface area contributed by atoms with Gasteiger partial charge in [0.15, 0.2) is 5.75 Å². The molecule has 15 heavy (non-hydrogen) atoms. The SMILES string of the molecule is Nc1c(O)cccc1Oc1ccncn1. The molecule has 0 radical (unpaired) electrons. The third-order valence-corrected chi connectivity index (χ3v) is 1.81. The van der Waals surface area contributed by atoms with Crippen LogP contribution in [0.1, 0.15) is 0 Å². The maximum atomic E-state index is 9.34. The van der Waals surface area contributed by atoms with E-state index in [-0.39, 0.29) is 11.4 Å². The van der Waals surface area contributed by atoms with Gasteiger partial charge in [-0.1, -0.05) is 6.07 Å². The molecular formula is C10H9N3O2. The van der Waals surface area contributed by atoms with E-state index in [1.165, 1.54) is 12.4 Å². The number of hydrogen-bond acceptors (Lipinski definition) is 5. The van der Waals surface area contributed by atoms with E-state index in [9.17, 15) is 5.11 Å². The van der Waals surface area contributed by atoms with Crippen molar-refractivity contribution < 1.29 is 9.84 Å². The summed E-state index contributed by atoms with van der Waals surface area (Å²) in [5.41, 5.74) is 5.80. The van der Waals surface area contributed by atoms with E-state index in [4.69, 9.17) is 10.5 Å². The number of phenols is 1. The van der Waals surface area contributed by atoms with Crippen LogP contribution in [0, 0.1) is 0 Å². The monoisotopic (exact) mass is 203 g/mol. The molecule has 0 saturated heterocycles. The van der Waals surface area contributed by atoms with Crippen LogP contribution in [0.2, 0.25) is 0 Å². The second-order valence-corrected chi connectivity index (χ2v) is 2.84. The van der Waals surface area contributed by atoms with Gasteiger partial charge in [-0.3, -0.25) is 0 Å². The number of nitrogen functional groups attached to an aromatic ring is 1. The Morgan fingerprint density at radius 1 is 1.27 bits per heavy atom. The normalized spacial score (nSPS) is 9.87. The Hall–Kier alpha value is -2.30. The van der Waals surface area contributed by atoms with E-state index >= 15 is 0 Å². The van der Waals surface area contributed by atoms with Crippen LogP contribution in [-0.4, -0.2) is 15.1 Å². The number of rotatable bonds is 2. The zero-order chi connectivity index (χ0) is 10.7. The summed E-state index contributed by atoms with van der Waals surface area (Å²) >= 11 is 0. The molecule has 0 bridgehead atoms. The van der Waals surface area contributed by atoms with E-state index in [2.05, 4.69) is 9.97 Å². The second kappa shape index (κ2) is 3.83. The van der Waals surface area contributed by atoms with E-state index in [0.29, 0.717) is 11.6 Å². The number of aromatic nitrogens is 2. The fourth-order valence-corrected chi connectivity index (χ4v) is 1.07. The van der Waals surface area contributed by atoms with Gasteiger partial charge in [-0.15, -0.1) is 0 Å². The molecule has 0 aliphatic carbocycles. The average Bonchev–Trinajstić information content (AvgIpc) is 2.26. The summed E-state index contributed by atoms with van der Waals surface area (Å²) < 4.78 is 5.35. The standard InChI is InChI=1S/C10H9N3O2/c11-10-7(14)2-1-3-8(10)15-9-4-5-12-6-13-9/h1-6,14H,11H2. The summed E-state index contributed by atoms with van der Waals surface area (Å²) in [5, 5.41) is 9.34. The number of para-hydroxylation sites is 1. The lowest BCUT2D eigenvalue weighted by atomic mass is 10.3. The minimum atomic E-state index is -0.0124. The Bertz CT molecular complexity index is 459. The first-order chi connectivity index (χ1) is 7.27. The van der Waals surface area contributed by atoms with Gasteiger partial charge in [-0.2, -0.15) is 0 Å². The lowest BCUT2D eigenvalue weighted by Crippen LogP contribution is -1.93. The molecule has 0 fully saturated rings. The second-order valence-electron chi connectivity index (χ2n) is 2.84. The summed E-state index contributed by atoms with van der Waals surface area (Å²) in [4.78, 5) is 7.63. The Morgan fingerprint density at radius 2 is 2.13 bits per heavy atom. The lowest BCUT2D eigenvalue weighted by Gasteiger charge is -2.07. The molecule has 2 aromatic rings. The molecule has 1 heterocycles. The topological polar surface area (TPSA) is 81.3 Å². The van der Waals surface area contributed by atoms with Crippen molar-refractivity contribution in [1.82, 2.24) is 9.97 Å². The van der Waals surface area contributed by atoms with Gasteiger partial charge >= 0.3 is 0 Å². The summed E-state index contributed by atoms with van der Waals surface area (Å²) in [7, 11) is 0. The van der Waals surface area contributed by atoms with Gasteiger partial charge in [0.05, 0.1) is 0 Å². The third kappa shape index (κ3) is 1.96. The van der Waals surface area contributed by atoms with Gasteiger partial charge in [0, 0.05) is 12.3 Å². The lowest BCUT2D eigenvalue weighted by molar-refractivity contribution is 0.449. The van der Waals surface area contributed by atoms with Crippen LogP contribution in [0.3, 0.4) is 0 Å². The number of hydrogen-bond donors (Lipinski definition) is 2. The molecule has 5 nitrogen and oxygen atoms in total. The van der Waals surface area contributed by atoms with Crippen molar-refractivity contribution in [2.75, 3.05) is 5.73 Å². The Labute approximate surface area is 86.2 Å².